The Bertz CT molecular complexity index is 5090. The van der Waals surface area contributed by atoms with Gasteiger partial charge in [-0.3, -0.25) is 76.7 Å². The number of primary amides is 1. The number of carbonyl (C=O) groups excluding carboxylic acids is 15. The van der Waals surface area contributed by atoms with Crippen LogP contribution in [-0.4, -0.2) is 254 Å². The van der Waals surface area contributed by atoms with Crippen LogP contribution in [0.15, 0.2) is 164 Å². The molecule has 1 aliphatic rings. The van der Waals surface area contributed by atoms with E-state index in [1.165, 1.54) is 88.9 Å². The third-order valence-corrected chi connectivity index (χ3v) is 23.0. The number of nitrogens with two attached hydrogens (primary N) is 1. The van der Waals surface area contributed by atoms with Crippen molar-refractivity contribution in [3.8, 4) is 11.5 Å². The van der Waals surface area contributed by atoms with Crippen LogP contribution in [-0.2, 0) is 115 Å². The maximum atomic E-state index is 15.5. The zero-order valence-electron chi connectivity index (χ0n) is 73.6. The molecule has 2 heterocycles. The number of carboxylic acids is 1. The number of aromatic nitrogens is 1. The Balaban J connectivity index is 1.21. The minimum Gasteiger partial charge on any atom is -0.508 e. The van der Waals surface area contributed by atoms with E-state index in [-0.39, 0.29) is 68.8 Å². The molecule has 1 aromatic heterocycles. The first-order chi connectivity index (χ1) is 61.3. The van der Waals surface area contributed by atoms with Crippen molar-refractivity contribution >= 4 is 117 Å². The van der Waals surface area contributed by atoms with Crippen LogP contribution < -0.4 is 53.6 Å². The predicted molar refractivity (Wildman–Crippen MR) is 479 cm³/mol. The largest absolute Gasteiger partial charge is 0.508 e. The van der Waals surface area contributed by atoms with E-state index < -0.39 is 217 Å². The molecule has 0 radical (unpaired) electrons. The Morgan fingerprint density at radius 3 is 1.54 bits per heavy atom. The first-order valence-electron chi connectivity index (χ1n) is 42.6. The maximum absolute atomic E-state index is 15.5. The summed E-state index contributed by atoms with van der Waals surface area (Å²) in [6.45, 7) is 6.07. The van der Waals surface area contributed by atoms with Gasteiger partial charge < -0.3 is 93.5 Å². The molecule has 36 heteroatoms. The van der Waals surface area contributed by atoms with Gasteiger partial charge in [-0.05, 0) is 107 Å². The van der Waals surface area contributed by atoms with Crippen LogP contribution in [0.25, 0.3) is 10.9 Å². The predicted octanol–water partition coefficient (Wildman–Crippen LogP) is 3.21. The van der Waals surface area contributed by atoms with Crippen LogP contribution in [0.5, 0.6) is 11.5 Å². The lowest BCUT2D eigenvalue weighted by Crippen LogP contribution is -2.60. The van der Waals surface area contributed by atoms with Crippen molar-refractivity contribution in [3.63, 3.8) is 0 Å². The fourth-order valence-corrected chi connectivity index (χ4v) is 15.8. The Morgan fingerprint density at radius 2 is 0.977 bits per heavy atom. The van der Waals surface area contributed by atoms with Crippen molar-refractivity contribution in [3.05, 3.63) is 203 Å². The highest BCUT2D eigenvalue weighted by Gasteiger charge is 2.42. The molecule has 8 rings (SSSR count). The molecule has 6 aromatic carbocycles. The second-order valence-corrected chi connectivity index (χ2v) is 34.1. The number of hydrogen-bond acceptors (Lipinski definition) is 19. The Hall–Kier alpha value is -13.5. The zero-order valence-corrected chi connectivity index (χ0v) is 74.5. The Morgan fingerprint density at radius 1 is 0.504 bits per heavy atom. The normalized spacial score (nSPS) is 21.9. The number of amides is 14. The van der Waals surface area contributed by atoms with Gasteiger partial charge in [0.15, 0.2) is 5.78 Å². The van der Waals surface area contributed by atoms with E-state index in [4.69, 9.17) is 5.73 Å². The number of rotatable bonds is 23. The highest BCUT2D eigenvalue weighted by molar-refractivity contribution is 8.00. The van der Waals surface area contributed by atoms with Crippen LogP contribution in [0.3, 0.4) is 0 Å². The van der Waals surface area contributed by atoms with E-state index in [0.29, 0.717) is 57.1 Å². The van der Waals surface area contributed by atoms with Gasteiger partial charge >= 0.3 is 5.97 Å². The standard InChI is InChI=1S/C93H116FN15O19S/c1-10-11-26-75-92(127)107(7)51-80(115)99-71(47-82(117)118)89(124)105-83(55(4)5)77(112)46-61(40-58-27-33-63(94)34-28-58)84(119)103-72(43-60-31-37-65(111)38-32-60)90(125)106(6)50-79(114)98-70(45-62-48-96-67-25-19-18-24-66(62)67)88(123)102-69(41-59-29-35-64(110)36-30-59)87(122)101-68(39-54(2)3)86(121)104-74(85(120)97-49-78(95)113)52-129-53-81(116)100-73(42-56-20-14-12-15-21-56)91(126)109(9)76(93(128)108(75)8)44-57-22-16-13-17-23-57/h12-25,27-38,48,54-55,61,68-76,83,96,110-111H,10-11,26,39-47,49-53H2,1-9H3,(H2,95,113)(H,97,120)(H,98,114)(H,99,115)(H,100,116)(H,101,122)(H,102,123)(H,103,119)(H,104,121)(H,105,124)(H,117,118)/t61-,68+,69+,70+,71+,72+,73+,74+,75+,76+,83+/m1/s1. The number of benzene rings is 6. The number of aromatic amines is 1. The van der Waals surface area contributed by atoms with Gasteiger partial charge in [-0.2, -0.15) is 0 Å². The molecule has 1 saturated heterocycles. The van der Waals surface area contributed by atoms with E-state index in [1.807, 2.05) is 6.92 Å². The summed E-state index contributed by atoms with van der Waals surface area (Å²) in [5.41, 5.74) is 8.84. The minimum atomic E-state index is -1.92. The molecule has 0 saturated carbocycles. The molecule has 1 fully saturated rings. The van der Waals surface area contributed by atoms with E-state index >= 15 is 33.6 Å². The van der Waals surface area contributed by atoms with Crippen LogP contribution in [0, 0.1) is 23.6 Å². The summed E-state index contributed by atoms with van der Waals surface area (Å²) in [4.78, 5) is 241. The first kappa shape index (κ1) is 101. The minimum absolute atomic E-state index is 0.0201. The van der Waals surface area contributed by atoms with Gasteiger partial charge in [0.05, 0.1) is 37.8 Å². The number of thioether (sulfide) groups is 1. The average molecular weight is 1800 g/mol. The lowest BCUT2D eigenvalue weighted by Gasteiger charge is -2.37. The van der Waals surface area contributed by atoms with Crippen molar-refractivity contribution in [2.75, 3.05) is 59.3 Å². The number of unbranched alkanes of at least 4 members (excludes halogenated alkanes) is 1. The molecule has 34 nitrogen and oxygen atoms in total. The van der Waals surface area contributed by atoms with Crippen molar-refractivity contribution in [2.45, 2.75) is 172 Å². The Labute approximate surface area is 751 Å². The lowest BCUT2D eigenvalue weighted by atomic mass is 9.88. The number of hydrogen-bond donors (Lipinski definition) is 14. The van der Waals surface area contributed by atoms with E-state index in [9.17, 15) is 62.9 Å². The van der Waals surface area contributed by atoms with Crippen LogP contribution >= 0.6 is 11.8 Å². The Kier molecular flexibility index (Phi) is 38.3. The monoisotopic (exact) mass is 1800 g/mol. The number of fused-ring (bicyclic) bond motifs is 1. The third kappa shape index (κ3) is 31.2. The van der Waals surface area contributed by atoms with Crippen molar-refractivity contribution in [1.82, 2.24) is 72.4 Å². The van der Waals surface area contributed by atoms with Crippen LogP contribution in [0.4, 0.5) is 4.39 Å². The van der Waals surface area contributed by atoms with Gasteiger partial charge in [0.2, 0.25) is 82.7 Å². The van der Waals surface area contributed by atoms with E-state index in [1.54, 1.807) is 119 Å². The quantitative estimate of drug-likeness (QED) is 0.0437. The van der Waals surface area contributed by atoms with Gasteiger partial charge in [-0.25, -0.2) is 4.39 Å². The van der Waals surface area contributed by atoms with E-state index in [2.05, 4.69) is 52.8 Å². The second-order valence-electron chi connectivity index (χ2n) is 33.1. The topological polar surface area (TPSA) is 497 Å². The zero-order chi connectivity index (χ0) is 94.3. The summed E-state index contributed by atoms with van der Waals surface area (Å²) in [5, 5.41) is 55.3. The number of likely N-dealkylation sites (N-methyl/N-ethyl adjacent to an activating group) is 4. The van der Waals surface area contributed by atoms with Crippen molar-refractivity contribution in [2.24, 2.45) is 23.5 Å². The molecule has 14 amide bonds. The number of Topliss-reactive ketones (excluding diaryl/α,β-unsaturated/α-hetero) is 1. The number of H-pyrrole nitrogens is 1. The molecule has 0 aliphatic carbocycles. The van der Waals surface area contributed by atoms with Gasteiger partial charge in [-0.1, -0.05) is 163 Å². The average Bonchev–Trinajstić information content (AvgIpc) is 1.45. The number of halogens is 1. The molecule has 11 atom stereocenters. The number of nitrogens with zero attached hydrogens (tertiary/aromatic N) is 4. The number of ketones is 1. The first-order valence-corrected chi connectivity index (χ1v) is 43.7. The molecular weight excluding hydrogens is 1680 g/mol. The van der Waals surface area contributed by atoms with Gasteiger partial charge in [-0.15, -0.1) is 11.8 Å². The summed E-state index contributed by atoms with van der Waals surface area (Å²) in [6, 6.07) is 25.0. The molecule has 0 bridgehead atoms. The van der Waals surface area contributed by atoms with Crippen molar-refractivity contribution < 1.29 is 96.4 Å². The van der Waals surface area contributed by atoms with Gasteiger partial charge in [0, 0.05) is 95.5 Å². The summed E-state index contributed by atoms with van der Waals surface area (Å²) in [5.74, 6) is -19.7. The molecule has 0 spiro atoms. The smallest absolute Gasteiger partial charge is 0.305 e. The van der Waals surface area contributed by atoms with Crippen molar-refractivity contribution in [1.29, 1.82) is 0 Å². The summed E-state index contributed by atoms with van der Waals surface area (Å²) in [6.07, 6.45) is -0.823. The lowest BCUT2D eigenvalue weighted by molar-refractivity contribution is -0.151. The van der Waals surface area contributed by atoms with E-state index in [0.717, 1.165) is 43.5 Å². The number of carboxylic acid groups (broad SMARTS) is 1. The molecule has 129 heavy (non-hydrogen) atoms. The number of para-hydroxylation sites is 1. The molecule has 690 valence electrons. The number of aromatic hydroxyl groups is 2. The summed E-state index contributed by atoms with van der Waals surface area (Å²) >= 11 is 0.822. The fraction of sp³-hybridized carbons (Fsp3) is 0.419. The molecule has 15 N–H and O–H groups in total. The number of carbonyl (C=O) groups is 16. The maximum Gasteiger partial charge on any atom is 0.305 e. The third-order valence-electron chi connectivity index (χ3n) is 22.0. The highest BCUT2D eigenvalue weighted by atomic mass is 32.2. The van der Waals surface area contributed by atoms with Gasteiger partial charge in [0.25, 0.3) is 0 Å². The molecule has 0 unspecified atom stereocenters. The summed E-state index contributed by atoms with van der Waals surface area (Å²) < 4.78 is 14.6. The number of aliphatic carboxylic acids is 1. The number of nitrogens with one attached hydrogen (secondary N) is 10. The number of phenols is 2. The highest BCUT2D eigenvalue weighted by Crippen LogP contribution is 2.25. The molecule has 1 aliphatic heterocycles. The second kappa shape index (κ2) is 49.0. The van der Waals surface area contributed by atoms with Crippen LogP contribution in [0.1, 0.15) is 107 Å². The number of phenolic OH excluding ortho intramolecular Hbond substituents is 2. The van der Waals surface area contributed by atoms with Gasteiger partial charge in [0.1, 0.15) is 71.7 Å². The molecule has 7 aromatic rings. The summed E-state index contributed by atoms with van der Waals surface area (Å²) in [7, 11) is 5.20. The van der Waals surface area contributed by atoms with Crippen LogP contribution in [0.2, 0.25) is 0 Å². The fourth-order valence-electron chi connectivity index (χ4n) is 15.0. The SMILES string of the molecule is CCCC[C@H]1C(=O)N(C)CC(=O)N[C@@H](CC(=O)O)C(=O)N[C@@H](C(C)C)C(=O)C[C@@H](Cc2ccc(F)cc2)C(=O)N[C@@H](Cc2ccc(O)cc2)C(=O)N(C)CC(=O)N[C@@H](Cc2c[nH]c3ccccc23)C(=O)N[C@@H](Cc2ccc(O)cc2)C(=O)N[C@@H](CC(C)C)C(=O)N[C@H](C(=O)NCC(N)=O)CSCC(=O)N[C@@H](Cc2ccccc2)C(=O)N(C)[C@@H](Cc2ccccc2)C(=O)N1C. The molecular formula is C93H116FN15O19S.